The van der Waals surface area contributed by atoms with E-state index >= 15 is 0 Å². The maximum absolute atomic E-state index is 8.39. The third-order valence-corrected chi connectivity index (χ3v) is 1.27. The van der Waals surface area contributed by atoms with Gasteiger partial charge in [0.2, 0.25) is 0 Å². The van der Waals surface area contributed by atoms with Gasteiger partial charge in [-0.3, -0.25) is 0 Å². The third kappa shape index (κ3) is 1.73. The zero-order valence-corrected chi connectivity index (χ0v) is 6.44. The van der Waals surface area contributed by atoms with Crippen LogP contribution in [0.1, 0.15) is 18.4 Å². The molecule has 0 aliphatic rings. The van der Waals surface area contributed by atoms with Crippen LogP contribution in [-0.2, 0) is 0 Å². The van der Waals surface area contributed by atoms with Crippen LogP contribution in [0, 0.1) is 6.92 Å². The highest BCUT2D eigenvalue weighted by Gasteiger charge is 1.99. The van der Waals surface area contributed by atoms with Crippen molar-refractivity contribution in [2.24, 2.45) is 5.16 Å². The van der Waals surface area contributed by atoms with Crippen molar-refractivity contribution in [1.82, 2.24) is 9.97 Å². The Labute approximate surface area is 64.6 Å². The number of nitrogens with zero attached hydrogens (tertiary/aromatic N) is 3. The lowest BCUT2D eigenvalue weighted by Gasteiger charge is -1.96. The standard InChI is InChI=1S/C7H9N3O/c1-5-3-4-8-7(9-5)6(2)10-11/h3-4,11H,1-2H3/b10-6-. The van der Waals surface area contributed by atoms with Crippen molar-refractivity contribution in [2.45, 2.75) is 13.8 Å². The molecule has 1 N–H and O–H groups in total. The second-order valence-electron chi connectivity index (χ2n) is 2.21. The van der Waals surface area contributed by atoms with Gasteiger partial charge in [0.15, 0.2) is 5.82 Å². The van der Waals surface area contributed by atoms with E-state index in [0.29, 0.717) is 11.5 Å². The number of aromatic nitrogens is 2. The van der Waals surface area contributed by atoms with Crippen LogP contribution in [0.3, 0.4) is 0 Å². The Morgan fingerprint density at radius 2 is 2.36 bits per heavy atom. The minimum absolute atomic E-state index is 0.425. The quantitative estimate of drug-likeness (QED) is 0.370. The number of hydrogen-bond acceptors (Lipinski definition) is 4. The highest BCUT2D eigenvalue weighted by molar-refractivity contribution is 5.94. The molecular formula is C7H9N3O. The molecule has 0 unspecified atom stereocenters. The van der Waals surface area contributed by atoms with Crippen LogP contribution in [0.5, 0.6) is 0 Å². The molecule has 0 bridgehead atoms. The summed E-state index contributed by atoms with van der Waals surface area (Å²) in [6, 6.07) is 1.79. The fourth-order valence-electron chi connectivity index (χ4n) is 0.668. The fourth-order valence-corrected chi connectivity index (χ4v) is 0.668. The predicted molar refractivity (Wildman–Crippen MR) is 40.8 cm³/mol. The highest BCUT2D eigenvalue weighted by Crippen LogP contribution is 1.94. The molecule has 1 heterocycles. The van der Waals surface area contributed by atoms with Crippen molar-refractivity contribution in [2.75, 3.05) is 0 Å². The summed E-state index contributed by atoms with van der Waals surface area (Å²) < 4.78 is 0. The smallest absolute Gasteiger partial charge is 0.177 e. The van der Waals surface area contributed by atoms with Crippen LogP contribution in [0.15, 0.2) is 17.4 Å². The van der Waals surface area contributed by atoms with Crippen LogP contribution in [0.2, 0.25) is 0 Å². The zero-order chi connectivity index (χ0) is 8.27. The monoisotopic (exact) mass is 151 g/mol. The molecule has 1 aromatic rings. The van der Waals surface area contributed by atoms with Crippen molar-refractivity contribution < 1.29 is 5.21 Å². The van der Waals surface area contributed by atoms with E-state index < -0.39 is 0 Å². The lowest BCUT2D eigenvalue weighted by Crippen LogP contribution is -2.02. The van der Waals surface area contributed by atoms with Gasteiger partial charge in [-0.05, 0) is 19.9 Å². The van der Waals surface area contributed by atoms with Gasteiger partial charge in [-0.1, -0.05) is 5.16 Å². The summed E-state index contributed by atoms with van der Waals surface area (Å²) in [4.78, 5) is 7.95. The van der Waals surface area contributed by atoms with E-state index in [9.17, 15) is 0 Å². The first-order chi connectivity index (χ1) is 5.24. The van der Waals surface area contributed by atoms with E-state index in [2.05, 4.69) is 15.1 Å². The van der Waals surface area contributed by atoms with E-state index in [-0.39, 0.29) is 0 Å². The van der Waals surface area contributed by atoms with E-state index in [1.54, 1.807) is 19.2 Å². The van der Waals surface area contributed by atoms with Crippen LogP contribution in [0.4, 0.5) is 0 Å². The maximum atomic E-state index is 8.39. The SMILES string of the molecule is C/C(=N/O)c1nccc(C)n1. The first-order valence-corrected chi connectivity index (χ1v) is 3.22. The first kappa shape index (κ1) is 7.65. The van der Waals surface area contributed by atoms with Crippen molar-refractivity contribution in [3.63, 3.8) is 0 Å². The molecule has 0 aromatic carbocycles. The lowest BCUT2D eigenvalue weighted by molar-refractivity contribution is 0.318. The molecule has 0 spiro atoms. The molecule has 0 aliphatic heterocycles. The van der Waals surface area contributed by atoms with Gasteiger partial charge in [0, 0.05) is 11.9 Å². The zero-order valence-electron chi connectivity index (χ0n) is 6.44. The summed E-state index contributed by atoms with van der Waals surface area (Å²) in [5.74, 6) is 0.465. The van der Waals surface area contributed by atoms with E-state index in [1.807, 2.05) is 6.92 Å². The molecule has 1 aromatic heterocycles. The van der Waals surface area contributed by atoms with Gasteiger partial charge < -0.3 is 5.21 Å². The van der Waals surface area contributed by atoms with E-state index in [4.69, 9.17) is 5.21 Å². The Morgan fingerprint density at radius 3 is 2.91 bits per heavy atom. The fraction of sp³-hybridized carbons (Fsp3) is 0.286. The van der Waals surface area contributed by atoms with Crippen LogP contribution in [0.25, 0.3) is 0 Å². The van der Waals surface area contributed by atoms with Gasteiger partial charge in [0.25, 0.3) is 0 Å². The maximum Gasteiger partial charge on any atom is 0.177 e. The molecule has 0 fully saturated rings. The topological polar surface area (TPSA) is 58.4 Å². The Morgan fingerprint density at radius 1 is 1.64 bits per heavy atom. The Bertz CT molecular complexity index is 283. The average Bonchev–Trinajstić information content (AvgIpc) is 2.03. The summed E-state index contributed by atoms with van der Waals surface area (Å²) in [5.41, 5.74) is 1.28. The van der Waals surface area contributed by atoms with Crippen LogP contribution in [-0.4, -0.2) is 20.9 Å². The number of aryl methyl sites for hydroxylation is 1. The van der Waals surface area contributed by atoms with Crippen LogP contribution < -0.4 is 0 Å². The summed E-state index contributed by atoms with van der Waals surface area (Å²) >= 11 is 0. The normalized spacial score (nSPS) is 11.6. The largest absolute Gasteiger partial charge is 0.411 e. The molecule has 0 atom stereocenters. The molecule has 58 valence electrons. The Kier molecular flexibility index (Phi) is 2.15. The summed E-state index contributed by atoms with van der Waals surface area (Å²) in [6.45, 7) is 3.50. The average molecular weight is 151 g/mol. The van der Waals surface area contributed by atoms with Gasteiger partial charge in [-0.15, -0.1) is 0 Å². The number of rotatable bonds is 1. The molecule has 0 saturated heterocycles. The molecule has 1 rings (SSSR count). The van der Waals surface area contributed by atoms with Crippen LogP contribution >= 0.6 is 0 Å². The first-order valence-electron chi connectivity index (χ1n) is 3.22. The molecule has 11 heavy (non-hydrogen) atoms. The van der Waals surface area contributed by atoms with Gasteiger partial charge in [-0.25, -0.2) is 9.97 Å². The molecule has 4 nitrogen and oxygen atoms in total. The third-order valence-electron chi connectivity index (χ3n) is 1.27. The van der Waals surface area contributed by atoms with E-state index in [0.717, 1.165) is 5.69 Å². The highest BCUT2D eigenvalue weighted by atomic mass is 16.4. The second kappa shape index (κ2) is 3.09. The molecule has 0 saturated carbocycles. The summed E-state index contributed by atoms with van der Waals surface area (Å²) in [5, 5.41) is 11.4. The van der Waals surface area contributed by atoms with Crippen molar-refractivity contribution in [3.8, 4) is 0 Å². The van der Waals surface area contributed by atoms with Crippen molar-refractivity contribution in [1.29, 1.82) is 0 Å². The molecule has 4 heteroatoms. The molecular weight excluding hydrogens is 142 g/mol. The molecule has 0 aliphatic carbocycles. The van der Waals surface area contributed by atoms with Crippen molar-refractivity contribution >= 4 is 5.71 Å². The van der Waals surface area contributed by atoms with E-state index in [1.165, 1.54) is 0 Å². The lowest BCUT2D eigenvalue weighted by atomic mass is 10.3. The number of oxime groups is 1. The molecule has 0 radical (unpaired) electrons. The van der Waals surface area contributed by atoms with Gasteiger partial charge >= 0.3 is 0 Å². The molecule has 0 amide bonds. The summed E-state index contributed by atoms with van der Waals surface area (Å²) in [7, 11) is 0. The van der Waals surface area contributed by atoms with Gasteiger partial charge in [-0.2, -0.15) is 0 Å². The second-order valence-corrected chi connectivity index (χ2v) is 2.21. The van der Waals surface area contributed by atoms with Crippen molar-refractivity contribution in [3.05, 3.63) is 23.8 Å². The summed E-state index contributed by atoms with van der Waals surface area (Å²) in [6.07, 6.45) is 1.63. The Hall–Kier alpha value is -1.45. The van der Waals surface area contributed by atoms with Gasteiger partial charge in [0.05, 0.1) is 0 Å². The minimum atomic E-state index is 0.425. The predicted octanol–water partition coefficient (Wildman–Crippen LogP) is 0.983. The Balaban J connectivity index is 3.06. The van der Waals surface area contributed by atoms with Gasteiger partial charge in [0.1, 0.15) is 5.71 Å². The minimum Gasteiger partial charge on any atom is -0.411 e. The number of hydrogen-bond donors (Lipinski definition) is 1.